The second-order valence-electron chi connectivity index (χ2n) is 17.4. The molecule has 0 saturated carbocycles. The van der Waals surface area contributed by atoms with Gasteiger partial charge >= 0.3 is 16.5 Å². The number of quaternary nitrogens is 3. The van der Waals surface area contributed by atoms with E-state index in [4.69, 9.17) is 27.0 Å². The van der Waals surface area contributed by atoms with E-state index in [1.807, 2.05) is 0 Å². The van der Waals surface area contributed by atoms with Crippen LogP contribution in [0.15, 0.2) is 0 Å². The molecule has 0 radical (unpaired) electrons. The maximum Gasteiger partial charge on any atom is 2.00 e. The third-order valence-electron chi connectivity index (χ3n) is 11.8. The van der Waals surface area contributed by atoms with Gasteiger partial charge in [0.2, 0.25) is 0 Å². The van der Waals surface area contributed by atoms with Crippen LogP contribution in [0.1, 0.15) is 237 Å². The monoisotopic (exact) mass is 1070 g/mol. The Bertz CT molecular complexity index is 817. The summed E-state index contributed by atoms with van der Waals surface area (Å²) < 4.78 is 4.26. The van der Waals surface area contributed by atoms with Crippen molar-refractivity contribution in [3.63, 3.8) is 0 Å². The summed E-state index contributed by atoms with van der Waals surface area (Å²) in [4.78, 5) is 0. The van der Waals surface area contributed by atoms with E-state index in [-0.39, 0.29) is 16.5 Å². The van der Waals surface area contributed by atoms with Gasteiger partial charge in [-0.15, -0.1) is 0 Å². The van der Waals surface area contributed by atoms with E-state index >= 15 is 0 Å². The van der Waals surface area contributed by atoms with Gasteiger partial charge in [0.1, 0.15) is 0 Å². The minimum absolute atomic E-state index is 0. The summed E-state index contributed by atoms with van der Waals surface area (Å²) in [6, 6.07) is 0. The van der Waals surface area contributed by atoms with Gasteiger partial charge in [-0.25, -0.2) is 0 Å². The molecular formula is C53H108N8NiS5. The van der Waals surface area contributed by atoms with Gasteiger partial charge < -0.3 is 40.5 Å². The molecule has 67 heavy (non-hydrogen) atoms. The van der Waals surface area contributed by atoms with Gasteiger partial charge in [0.05, 0.1) is 78.5 Å². The summed E-state index contributed by atoms with van der Waals surface area (Å²) in [5, 5.41) is 42.3. The van der Waals surface area contributed by atoms with E-state index in [0.29, 0.717) is 0 Å². The van der Waals surface area contributed by atoms with Crippen molar-refractivity contribution in [2.45, 2.75) is 237 Å². The summed E-state index contributed by atoms with van der Waals surface area (Å²) in [7, 11) is 0. The first-order valence-corrected chi connectivity index (χ1v) is 28.5. The fourth-order valence-electron chi connectivity index (χ4n) is 7.93. The topological polar surface area (TPSA) is 112 Å². The number of unbranched alkanes of at least 4 members (excludes halogenated alkanes) is 12. The van der Waals surface area contributed by atoms with Crippen LogP contribution in [0.5, 0.6) is 0 Å². The molecule has 0 unspecified atom stereocenters. The van der Waals surface area contributed by atoms with Crippen LogP contribution in [-0.2, 0) is 16.5 Å². The smallest absolute Gasteiger partial charge is 0.753 e. The van der Waals surface area contributed by atoms with E-state index in [2.05, 4.69) is 144 Å². The molecule has 0 aliphatic heterocycles. The zero-order chi connectivity index (χ0) is 52.5. The van der Waals surface area contributed by atoms with Crippen molar-refractivity contribution in [1.29, 1.82) is 0 Å². The molecule has 0 fully saturated rings. The van der Waals surface area contributed by atoms with Crippen LogP contribution in [0, 0.1) is 0 Å². The Morgan fingerprint density at radius 2 is 0.284 bits per heavy atom. The van der Waals surface area contributed by atoms with Gasteiger partial charge in [-0.1, -0.05) is 221 Å². The first-order valence-electron chi connectivity index (χ1n) is 26.4. The van der Waals surface area contributed by atoms with Gasteiger partial charge in [-0.2, -0.15) is 25.8 Å². The first kappa shape index (κ1) is 86.2. The maximum atomic E-state index is 7.13. The standard InChI is InChI=1S/3C16H36N.5CNS.Ni/c3*1-5-9-13-17(14-10-6-2,15-11-7-3)16-12-8-4;5*2-1-3;/h3*5-16H2,1-4H3;;;;;;/q3*+1;5*-1;+2. The Hall–Kier alpha value is -0.626. The van der Waals surface area contributed by atoms with Crippen LogP contribution in [-0.4, -0.2) is 118 Å². The molecule has 0 aromatic heterocycles. The molecule has 0 rings (SSSR count). The largest absolute Gasteiger partial charge is 2.00 e. The summed E-state index contributed by atoms with van der Waals surface area (Å²) in [5.41, 5.74) is 0. The first-order chi connectivity index (χ1) is 31.8. The molecule has 0 aromatic rings. The number of hydrogen-bond acceptors (Lipinski definition) is 5. The van der Waals surface area contributed by atoms with E-state index in [0.717, 1.165) is 0 Å². The van der Waals surface area contributed by atoms with Crippen molar-refractivity contribution in [2.75, 3.05) is 78.5 Å². The molecule has 0 bridgehead atoms. The molecule has 0 aliphatic rings. The summed E-state index contributed by atoms with van der Waals surface area (Å²) in [6.07, 6.45) is 33.2. The van der Waals surface area contributed by atoms with Crippen molar-refractivity contribution in [2.24, 2.45) is 0 Å². The molecule has 0 heterocycles. The maximum absolute atomic E-state index is 7.13. The summed E-state index contributed by atoms with van der Waals surface area (Å²) >= 11 is 18.5. The Morgan fingerprint density at radius 3 is 0.328 bits per heavy atom. The van der Waals surface area contributed by atoms with Crippen LogP contribution in [0.2, 0.25) is 0 Å². The fourth-order valence-corrected chi connectivity index (χ4v) is 7.93. The van der Waals surface area contributed by atoms with Crippen LogP contribution in [0.4, 0.5) is 0 Å². The Balaban J connectivity index is -0.0000000925. The van der Waals surface area contributed by atoms with Crippen molar-refractivity contribution in [3.05, 3.63) is 27.0 Å². The molecule has 0 N–H and O–H groups in total. The van der Waals surface area contributed by atoms with E-state index in [9.17, 15) is 0 Å². The molecule has 0 spiro atoms. The van der Waals surface area contributed by atoms with E-state index in [1.165, 1.54) is 272 Å². The summed E-state index contributed by atoms with van der Waals surface area (Å²) in [5.74, 6) is 0. The third kappa shape index (κ3) is 74.5. The van der Waals surface area contributed by atoms with Crippen molar-refractivity contribution in [3.8, 4) is 0 Å². The van der Waals surface area contributed by atoms with E-state index < -0.39 is 0 Å². The predicted octanol–water partition coefficient (Wildman–Crippen LogP) is 18.3. The zero-order valence-corrected chi connectivity index (χ0v) is 51.0. The molecule has 0 amide bonds. The van der Waals surface area contributed by atoms with E-state index in [1.54, 1.807) is 0 Å². The van der Waals surface area contributed by atoms with Gasteiger partial charge in [-0.05, 0) is 77.0 Å². The van der Waals surface area contributed by atoms with Crippen LogP contribution in [0.25, 0.3) is 27.0 Å². The minimum atomic E-state index is 0. The molecule has 0 saturated heterocycles. The molecule has 0 aromatic carbocycles. The number of nitrogens with zero attached hydrogens (tertiary/aromatic N) is 8. The molecule has 0 atom stereocenters. The average molecular weight is 1080 g/mol. The van der Waals surface area contributed by atoms with Gasteiger partial charge in [-0.3, -0.25) is 0 Å². The Morgan fingerprint density at radius 1 is 0.224 bits per heavy atom. The van der Waals surface area contributed by atoms with Gasteiger partial charge in [0, 0.05) is 0 Å². The Labute approximate surface area is 456 Å². The van der Waals surface area contributed by atoms with Crippen molar-refractivity contribution < 1.29 is 29.9 Å². The van der Waals surface area contributed by atoms with Crippen LogP contribution >= 0.6 is 61.1 Å². The van der Waals surface area contributed by atoms with Gasteiger partial charge in [0.25, 0.3) is 0 Å². The molecular weight excluding hydrogens is 968 g/mol. The van der Waals surface area contributed by atoms with Gasteiger partial charge in [0.15, 0.2) is 0 Å². The third-order valence-corrected chi connectivity index (χ3v) is 11.8. The number of thiocarbonyl (C=S) groups is 5. The van der Waals surface area contributed by atoms with Crippen molar-refractivity contribution >= 4 is 86.9 Å². The molecule has 8 nitrogen and oxygen atoms in total. The molecule has 400 valence electrons. The number of hydrogen-bond donors (Lipinski definition) is 0. The number of isothiocyanates is 5. The SMILES string of the molecule is CCCC[N+](CCCC)(CCCC)CCCC.CCCC[N+](CCCC)(CCCC)CCCC.CCCC[N+](CCCC)(CCCC)CCCC.[N-]=C=S.[N-]=C=S.[N-]=C=S.[N-]=C=S.[N-]=C=S.[Ni+2]. The molecule has 14 heteroatoms. The fraction of sp³-hybridized carbons (Fsp3) is 0.906. The zero-order valence-electron chi connectivity index (χ0n) is 45.9. The predicted molar refractivity (Wildman–Crippen MR) is 318 cm³/mol. The van der Waals surface area contributed by atoms with Crippen LogP contribution in [0.3, 0.4) is 0 Å². The summed E-state index contributed by atoms with van der Waals surface area (Å²) in [6.45, 7) is 45.1. The van der Waals surface area contributed by atoms with Crippen molar-refractivity contribution in [1.82, 2.24) is 0 Å². The second kappa shape index (κ2) is 79.5. The van der Waals surface area contributed by atoms with Crippen LogP contribution < -0.4 is 0 Å². The quantitative estimate of drug-likeness (QED) is 0.0269. The minimum Gasteiger partial charge on any atom is -0.753 e. The normalized spacial score (nSPS) is 9.73. The number of rotatable bonds is 36. The Kier molecular flexibility index (Phi) is 102. The second-order valence-corrected chi connectivity index (χ2v) is 18.3. The molecule has 0 aliphatic carbocycles. The average Bonchev–Trinajstić information content (AvgIpc) is 3.32.